The van der Waals surface area contributed by atoms with Crippen LogP contribution in [0.25, 0.3) is 0 Å². The standard InChI is InChI=1S/C11H13BrO3/c1-3-15-10-6-8(13)4-5-9(10)11(14)7(2)12/h4-7,13H,3H2,1-2H3. The van der Waals surface area contributed by atoms with Gasteiger partial charge in [0.25, 0.3) is 0 Å². The van der Waals surface area contributed by atoms with Gasteiger partial charge in [-0.3, -0.25) is 4.79 Å². The van der Waals surface area contributed by atoms with E-state index in [-0.39, 0.29) is 16.4 Å². The van der Waals surface area contributed by atoms with Crippen LogP contribution >= 0.6 is 15.9 Å². The van der Waals surface area contributed by atoms with Crippen molar-refractivity contribution in [2.24, 2.45) is 0 Å². The van der Waals surface area contributed by atoms with Gasteiger partial charge in [-0.15, -0.1) is 0 Å². The van der Waals surface area contributed by atoms with Gasteiger partial charge in [0.1, 0.15) is 11.5 Å². The predicted molar refractivity (Wildman–Crippen MR) is 62.0 cm³/mol. The van der Waals surface area contributed by atoms with Crippen LogP contribution in [-0.4, -0.2) is 22.3 Å². The molecule has 1 aromatic carbocycles. The molecule has 1 unspecified atom stereocenters. The third-order valence-electron chi connectivity index (χ3n) is 1.89. The van der Waals surface area contributed by atoms with Crippen LogP contribution < -0.4 is 4.74 Å². The van der Waals surface area contributed by atoms with E-state index in [2.05, 4.69) is 15.9 Å². The lowest BCUT2D eigenvalue weighted by molar-refractivity contribution is 0.0992. The van der Waals surface area contributed by atoms with Crippen LogP contribution in [0.5, 0.6) is 11.5 Å². The average molecular weight is 273 g/mol. The molecule has 0 saturated heterocycles. The number of hydrogen-bond donors (Lipinski definition) is 1. The monoisotopic (exact) mass is 272 g/mol. The Kier molecular flexibility index (Phi) is 4.15. The number of benzene rings is 1. The molecule has 0 spiro atoms. The molecule has 1 rings (SSSR count). The van der Waals surface area contributed by atoms with E-state index in [1.807, 2.05) is 6.92 Å². The van der Waals surface area contributed by atoms with Crippen molar-refractivity contribution in [1.82, 2.24) is 0 Å². The number of aromatic hydroxyl groups is 1. The summed E-state index contributed by atoms with van der Waals surface area (Å²) < 4.78 is 5.29. The Balaban J connectivity index is 3.10. The highest BCUT2D eigenvalue weighted by Crippen LogP contribution is 2.26. The summed E-state index contributed by atoms with van der Waals surface area (Å²) in [6.45, 7) is 4.04. The van der Waals surface area contributed by atoms with Gasteiger partial charge < -0.3 is 9.84 Å². The van der Waals surface area contributed by atoms with Gasteiger partial charge in [-0.25, -0.2) is 0 Å². The second-order valence-electron chi connectivity index (χ2n) is 3.09. The molecule has 82 valence electrons. The SMILES string of the molecule is CCOc1cc(O)ccc1C(=O)C(C)Br. The number of hydrogen-bond acceptors (Lipinski definition) is 3. The minimum absolute atomic E-state index is 0.0570. The zero-order chi connectivity index (χ0) is 11.4. The van der Waals surface area contributed by atoms with E-state index in [4.69, 9.17) is 4.74 Å². The number of carbonyl (C=O) groups excluding carboxylic acids is 1. The molecule has 0 fully saturated rings. The number of alkyl halides is 1. The Hall–Kier alpha value is -1.03. The molecule has 0 aromatic heterocycles. The van der Waals surface area contributed by atoms with Gasteiger partial charge in [-0.05, 0) is 26.0 Å². The third kappa shape index (κ3) is 2.96. The zero-order valence-corrected chi connectivity index (χ0v) is 10.2. The highest BCUT2D eigenvalue weighted by molar-refractivity contribution is 9.10. The average Bonchev–Trinajstić information content (AvgIpc) is 2.17. The molecule has 0 radical (unpaired) electrons. The zero-order valence-electron chi connectivity index (χ0n) is 8.66. The number of phenolic OH excluding ortho intramolecular Hbond substituents is 1. The number of Topliss-reactive ketones (excluding diaryl/α,β-unsaturated/α-hetero) is 1. The first-order chi connectivity index (χ1) is 7.06. The largest absolute Gasteiger partial charge is 0.508 e. The minimum Gasteiger partial charge on any atom is -0.508 e. The molecule has 1 N–H and O–H groups in total. The molecule has 15 heavy (non-hydrogen) atoms. The minimum atomic E-state index is -0.263. The summed E-state index contributed by atoms with van der Waals surface area (Å²) in [5.41, 5.74) is 0.485. The van der Waals surface area contributed by atoms with Crippen molar-refractivity contribution >= 4 is 21.7 Å². The van der Waals surface area contributed by atoms with Crippen LogP contribution in [0.4, 0.5) is 0 Å². The molecule has 0 aliphatic rings. The first-order valence-corrected chi connectivity index (χ1v) is 5.62. The molecule has 0 bridgehead atoms. The van der Waals surface area contributed by atoms with Crippen molar-refractivity contribution in [2.45, 2.75) is 18.7 Å². The van der Waals surface area contributed by atoms with Crippen molar-refractivity contribution < 1.29 is 14.6 Å². The Bertz CT molecular complexity index is 361. The van der Waals surface area contributed by atoms with E-state index in [1.54, 1.807) is 13.0 Å². The van der Waals surface area contributed by atoms with Crippen molar-refractivity contribution in [3.8, 4) is 11.5 Å². The Morgan fingerprint density at radius 3 is 2.80 bits per heavy atom. The van der Waals surface area contributed by atoms with Crippen LogP contribution in [0, 0.1) is 0 Å². The lowest BCUT2D eigenvalue weighted by Crippen LogP contribution is -2.11. The number of ketones is 1. The first kappa shape index (κ1) is 12.0. The lowest BCUT2D eigenvalue weighted by atomic mass is 10.1. The number of phenols is 1. The smallest absolute Gasteiger partial charge is 0.179 e. The number of carbonyl (C=O) groups is 1. The summed E-state index contributed by atoms with van der Waals surface area (Å²) in [5, 5.41) is 9.28. The molecule has 4 heteroatoms. The number of ether oxygens (including phenoxy) is 1. The molecule has 0 heterocycles. The second-order valence-corrected chi connectivity index (χ2v) is 4.47. The fourth-order valence-electron chi connectivity index (χ4n) is 1.20. The first-order valence-electron chi connectivity index (χ1n) is 4.70. The predicted octanol–water partition coefficient (Wildman–Crippen LogP) is 2.76. The highest BCUT2D eigenvalue weighted by Gasteiger charge is 2.17. The van der Waals surface area contributed by atoms with Crippen LogP contribution in [0.1, 0.15) is 24.2 Å². The fourth-order valence-corrected chi connectivity index (χ4v) is 1.45. The summed E-state index contributed by atoms with van der Waals surface area (Å²) in [4.78, 5) is 11.5. The van der Waals surface area contributed by atoms with Crippen molar-refractivity contribution in [3.05, 3.63) is 23.8 Å². The quantitative estimate of drug-likeness (QED) is 0.677. The van der Waals surface area contributed by atoms with Gasteiger partial charge in [0.2, 0.25) is 0 Å². The molecule has 1 aromatic rings. The van der Waals surface area contributed by atoms with E-state index < -0.39 is 0 Å². The van der Waals surface area contributed by atoms with Crippen LogP contribution in [0.3, 0.4) is 0 Å². The third-order valence-corrected chi connectivity index (χ3v) is 2.31. The van der Waals surface area contributed by atoms with Gasteiger partial charge in [0, 0.05) is 6.07 Å². The normalized spacial score (nSPS) is 12.2. The number of rotatable bonds is 4. The Morgan fingerprint density at radius 1 is 1.60 bits per heavy atom. The van der Waals surface area contributed by atoms with Crippen LogP contribution in [0.15, 0.2) is 18.2 Å². The summed E-state index contributed by atoms with van der Waals surface area (Å²) >= 11 is 3.21. The van der Waals surface area contributed by atoms with Gasteiger partial charge in [-0.1, -0.05) is 15.9 Å². The second kappa shape index (κ2) is 5.16. The molecule has 3 nitrogen and oxygen atoms in total. The molecule has 1 atom stereocenters. The van der Waals surface area contributed by atoms with E-state index in [1.165, 1.54) is 12.1 Å². The maximum Gasteiger partial charge on any atom is 0.179 e. The lowest BCUT2D eigenvalue weighted by Gasteiger charge is -2.10. The molecule has 0 aliphatic heterocycles. The Morgan fingerprint density at radius 2 is 2.27 bits per heavy atom. The van der Waals surface area contributed by atoms with E-state index in [0.29, 0.717) is 17.9 Å². The van der Waals surface area contributed by atoms with Gasteiger partial charge in [0.15, 0.2) is 5.78 Å². The van der Waals surface area contributed by atoms with Crippen LogP contribution in [-0.2, 0) is 0 Å². The summed E-state index contributed by atoms with van der Waals surface area (Å²) in [6.07, 6.45) is 0. The molecular weight excluding hydrogens is 260 g/mol. The van der Waals surface area contributed by atoms with Gasteiger partial charge in [0.05, 0.1) is 17.0 Å². The van der Waals surface area contributed by atoms with Crippen molar-refractivity contribution in [2.75, 3.05) is 6.61 Å². The van der Waals surface area contributed by atoms with E-state index in [0.717, 1.165) is 0 Å². The fraction of sp³-hybridized carbons (Fsp3) is 0.364. The van der Waals surface area contributed by atoms with Gasteiger partial charge >= 0.3 is 0 Å². The molecular formula is C11H13BrO3. The van der Waals surface area contributed by atoms with Gasteiger partial charge in [-0.2, -0.15) is 0 Å². The molecule has 0 aliphatic carbocycles. The van der Waals surface area contributed by atoms with E-state index in [9.17, 15) is 9.90 Å². The maximum atomic E-state index is 11.7. The maximum absolute atomic E-state index is 11.7. The van der Waals surface area contributed by atoms with Crippen molar-refractivity contribution in [1.29, 1.82) is 0 Å². The van der Waals surface area contributed by atoms with E-state index >= 15 is 0 Å². The topological polar surface area (TPSA) is 46.5 Å². The molecule has 0 amide bonds. The van der Waals surface area contributed by atoms with Crippen molar-refractivity contribution in [3.63, 3.8) is 0 Å². The van der Waals surface area contributed by atoms with Crippen LogP contribution in [0.2, 0.25) is 0 Å². The summed E-state index contributed by atoms with van der Waals surface area (Å²) in [6, 6.07) is 4.50. The highest BCUT2D eigenvalue weighted by atomic mass is 79.9. The summed E-state index contributed by atoms with van der Waals surface area (Å²) in [7, 11) is 0. The number of halogens is 1. The Labute approximate surface area is 97.2 Å². The molecule has 0 saturated carbocycles. The summed E-state index contributed by atoms with van der Waals surface area (Å²) in [5.74, 6) is 0.462.